The molecule has 5 nitrogen and oxygen atoms in total. The summed E-state index contributed by atoms with van der Waals surface area (Å²) >= 11 is 0. The highest BCUT2D eigenvalue weighted by atomic mass is 32.2. The van der Waals surface area contributed by atoms with E-state index in [4.69, 9.17) is 6.42 Å². The summed E-state index contributed by atoms with van der Waals surface area (Å²) in [4.78, 5) is 0.232. The van der Waals surface area contributed by atoms with Gasteiger partial charge >= 0.3 is 0 Å². The van der Waals surface area contributed by atoms with Crippen LogP contribution in [0.5, 0.6) is 0 Å². The molecule has 1 aromatic heterocycles. The number of terminal acetylenes is 1. The normalized spacial score (nSPS) is 12.8. The average Bonchev–Trinajstić information content (AvgIpc) is 2.52. The molecule has 18 heavy (non-hydrogen) atoms. The second-order valence-corrected chi connectivity index (χ2v) is 6.71. The molecule has 1 rings (SSSR count). The zero-order valence-electron chi connectivity index (χ0n) is 11.6. The third kappa shape index (κ3) is 2.16. The quantitative estimate of drug-likeness (QED) is 0.771. The van der Waals surface area contributed by atoms with E-state index in [0.29, 0.717) is 11.4 Å². The van der Waals surface area contributed by atoms with Crippen LogP contribution in [0.4, 0.5) is 0 Å². The molecule has 0 aromatic carbocycles. The molecule has 0 bridgehead atoms. The van der Waals surface area contributed by atoms with E-state index >= 15 is 0 Å². The lowest BCUT2D eigenvalue weighted by Crippen LogP contribution is -2.44. The van der Waals surface area contributed by atoms with Gasteiger partial charge in [0.1, 0.15) is 4.90 Å². The van der Waals surface area contributed by atoms with Crippen molar-refractivity contribution in [3.05, 3.63) is 11.4 Å². The molecule has 0 aliphatic rings. The van der Waals surface area contributed by atoms with Gasteiger partial charge in [0.2, 0.25) is 10.0 Å². The maximum atomic E-state index is 12.6. The van der Waals surface area contributed by atoms with Gasteiger partial charge in [0.25, 0.3) is 0 Å². The fourth-order valence-corrected chi connectivity index (χ4v) is 3.50. The van der Waals surface area contributed by atoms with Crippen molar-refractivity contribution in [3.63, 3.8) is 0 Å². The van der Waals surface area contributed by atoms with Crippen molar-refractivity contribution in [2.45, 2.75) is 38.1 Å². The fourth-order valence-electron chi connectivity index (χ4n) is 1.66. The number of aryl methyl sites for hydroxylation is 2. The van der Waals surface area contributed by atoms with E-state index < -0.39 is 15.6 Å². The second-order valence-electron chi connectivity index (χ2n) is 4.80. The molecule has 6 heteroatoms. The average molecular weight is 269 g/mol. The molecule has 0 saturated heterocycles. The minimum absolute atomic E-state index is 0.232. The molecular weight excluding hydrogens is 250 g/mol. The Bertz CT molecular complexity index is 606. The molecule has 100 valence electrons. The number of nitrogens with zero attached hydrogens (tertiary/aromatic N) is 3. The van der Waals surface area contributed by atoms with Crippen molar-refractivity contribution in [1.29, 1.82) is 0 Å². The van der Waals surface area contributed by atoms with Crippen molar-refractivity contribution < 1.29 is 8.42 Å². The molecule has 0 radical (unpaired) electrons. The second kappa shape index (κ2) is 4.41. The highest BCUT2D eigenvalue weighted by Crippen LogP contribution is 2.26. The number of hydrogen-bond donors (Lipinski definition) is 0. The molecule has 0 aliphatic carbocycles. The topological polar surface area (TPSA) is 55.2 Å². The van der Waals surface area contributed by atoms with Crippen molar-refractivity contribution in [2.75, 3.05) is 7.05 Å². The van der Waals surface area contributed by atoms with Gasteiger partial charge in [-0.15, -0.1) is 6.42 Å². The molecule has 0 spiro atoms. The zero-order valence-corrected chi connectivity index (χ0v) is 12.5. The first-order valence-electron chi connectivity index (χ1n) is 5.52. The van der Waals surface area contributed by atoms with Crippen molar-refractivity contribution in [1.82, 2.24) is 14.1 Å². The Morgan fingerprint density at radius 3 is 2.22 bits per heavy atom. The Balaban J connectivity index is 3.45. The van der Waals surface area contributed by atoms with Gasteiger partial charge in [0.05, 0.1) is 16.9 Å². The van der Waals surface area contributed by atoms with Crippen molar-refractivity contribution >= 4 is 10.0 Å². The minimum Gasteiger partial charge on any atom is -0.271 e. The first-order valence-corrected chi connectivity index (χ1v) is 6.96. The standard InChI is InChI=1S/C12H19N3O2S/c1-8-12(4,5)15(7)18(16,17)11-9(2)13-14(6)10(11)3/h1H,2-7H3. The summed E-state index contributed by atoms with van der Waals surface area (Å²) in [5.74, 6) is 2.48. The van der Waals surface area contributed by atoms with Crippen LogP contribution >= 0.6 is 0 Å². The summed E-state index contributed by atoms with van der Waals surface area (Å²) in [7, 11) is -0.439. The van der Waals surface area contributed by atoms with Crippen LogP contribution < -0.4 is 0 Å². The summed E-state index contributed by atoms with van der Waals surface area (Å²) in [5, 5.41) is 4.13. The van der Waals surface area contributed by atoms with Crippen LogP contribution in [0.25, 0.3) is 0 Å². The van der Waals surface area contributed by atoms with Crippen LogP contribution in [0.2, 0.25) is 0 Å². The molecule has 0 aliphatic heterocycles. The Morgan fingerprint density at radius 1 is 1.39 bits per heavy atom. The maximum absolute atomic E-state index is 12.6. The van der Waals surface area contributed by atoms with Gasteiger partial charge in [-0.2, -0.15) is 9.40 Å². The zero-order chi connectivity index (χ0) is 14.3. The van der Waals surface area contributed by atoms with Crippen LogP contribution in [-0.4, -0.2) is 35.1 Å². The molecule has 0 unspecified atom stereocenters. The molecule has 0 fully saturated rings. The van der Waals surface area contributed by atoms with E-state index in [1.165, 1.54) is 11.4 Å². The van der Waals surface area contributed by atoms with Gasteiger partial charge in [0.15, 0.2) is 0 Å². The van der Waals surface area contributed by atoms with E-state index in [9.17, 15) is 8.42 Å². The predicted molar refractivity (Wildman–Crippen MR) is 70.5 cm³/mol. The lowest BCUT2D eigenvalue weighted by atomic mass is 10.1. The van der Waals surface area contributed by atoms with Gasteiger partial charge in [-0.25, -0.2) is 8.42 Å². The SMILES string of the molecule is C#CC(C)(C)N(C)S(=O)(=O)c1c(C)nn(C)c1C. The Labute approximate surface area is 109 Å². The van der Waals surface area contributed by atoms with Gasteiger partial charge in [-0.1, -0.05) is 5.92 Å². The largest absolute Gasteiger partial charge is 0.271 e. The smallest absolute Gasteiger partial charge is 0.247 e. The molecule has 0 atom stereocenters. The summed E-state index contributed by atoms with van der Waals surface area (Å²) in [5.41, 5.74) is 0.204. The number of hydrogen-bond acceptors (Lipinski definition) is 3. The molecule has 0 N–H and O–H groups in total. The van der Waals surface area contributed by atoms with Crippen LogP contribution in [-0.2, 0) is 17.1 Å². The number of rotatable bonds is 3. The third-order valence-electron chi connectivity index (χ3n) is 3.20. The van der Waals surface area contributed by atoms with E-state index in [0.717, 1.165) is 0 Å². The number of aromatic nitrogens is 2. The Morgan fingerprint density at radius 2 is 1.89 bits per heavy atom. The van der Waals surface area contributed by atoms with E-state index in [1.54, 1.807) is 39.4 Å². The lowest BCUT2D eigenvalue weighted by Gasteiger charge is -2.29. The molecule has 1 aromatic rings. The van der Waals surface area contributed by atoms with E-state index in [-0.39, 0.29) is 4.90 Å². The predicted octanol–water partition coefficient (Wildman–Crippen LogP) is 1.07. The van der Waals surface area contributed by atoms with E-state index in [1.807, 2.05) is 0 Å². The molecule has 0 amide bonds. The van der Waals surface area contributed by atoms with Crippen molar-refractivity contribution in [3.8, 4) is 12.3 Å². The molecular formula is C12H19N3O2S. The number of sulfonamides is 1. The minimum atomic E-state index is -3.64. The highest BCUT2D eigenvalue weighted by Gasteiger charge is 2.35. The summed E-state index contributed by atoms with van der Waals surface area (Å²) in [6.45, 7) is 6.78. The van der Waals surface area contributed by atoms with Gasteiger partial charge < -0.3 is 0 Å². The first-order chi connectivity index (χ1) is 8.05. The maximum Gasteiger partial charge on any atom is 0.247 e. The third-order valence-corrected chi connectivity index (χ3v) is 5.49. The van der Waals surface area contributed by atoms with Crippen LogP contribution in [0, 0.1) is 26.2 Å². The Kier molecular flexibility index (Phi) is 3.61. The fraction of sp³-hybridized carbons (Fsp3) is 0.583. The van der Waals surface area contributed by atoms with Crippen LogP contribution in [0.3, 0.4) is 0 Å². The van der Waals surface area contributed by atoms with Crippen molar-refractivity contribution in [2.24, 2.45) is 7.05 Å². The summed E-state index contributed by atoms with van der Waals surface area (Å²) in [6, 6.07) is 0. The lowest BCUT2D eigenvalue weighted by molar-refractivity contribution is 0.340. The van der Waals surface area contributed by atoms with Gasteiger partial charge in [-0.05, 0) is 27.7 Å². The monoisotopic (exact) mass is 269 g/mol. The van der Waals surface area contributed by atoms with Crippen LogP contribution in [0.1, 0.15) is 25.2 Å². The molecule has 1 heterocycles. The van der Waals surface area contributed by atoms with Crippen LogP contribution in [0.15, 0.2) is 4.90 Å². The molecule has 0 saturated carbocycles. The summed E-state index contributed by atoms with van der Waals surface area (Å²) < 4.78 is 27.9. The van der Waals surface area contributed by atoms with Gasteiger partial charge in [-0.3, -0.25) is 4.68 Å². The summed E-state index contributed by atoms with van der Waals surface area (Å²) in [6.07, 6.45) is 5.39. The Hall–Kier alpha value is -1.32. The van der Waals surface area contributed by atoms with E-state index in [2.05, 4.69) is 11.0 Å². The first kappa shape index (κ1) is 14.7. The highest BCUT2D eigenvalue weighted by molar-refractivity contribution is 7.89. The van der Waals surface area contributed by atoms with Gasteiger partial charge in [0, 0.05) is 14.1 Å².